The molecule has 2 aromatic heterocycles. The molecule has 2 unspecified atom stereocenters. The smallest absolute Gasteiger partial charge is 0.255 e. The molecule has 0 bridgehead atoms. The number of imide groups is 1. The third kappa shape index (κ3) is 7.57. The molecule has 3 N–H and O–H groups in total. The number of ether oxygens (including phenoxy) is 1. The molecule has 0 radical (unpaired) electrons. The van der Waals surface area contributed by atoms with Crippen LogP contribution in [0.5, 0.6) is 11.5 Å². The van der Waals surface area contributed by atoms with E-state index in [1.54, 1.807) is 4.90 Å². The number of benzene rings is 3. The standard InChI is InChI=1S/C45H51N11O4/c46-42-40-41(30-6-9-36(10-7-30)60-35-4-2-1-3-5-35)50-56(43(40)48-29-47-42)32-14-17-51(18-15-32)20-21-52-19-16-34(28-52)54-24-22-53(23-25-54)33-8-11-37-31(26-33)27-55(45(37)59)38-12-13-39(57)49-44(38)58/h1-11,26,29,32,34,38H,12-25,27-28H2,(H2,46,47,48)(H,49,57,58). The van der Waals surface area contributed by atoms with Crippen LogP contribution < -0.4 is 20.7 Å². The predicted molar refractivity (Wildman–Crippen MR) is 228 cm³/mol. The van der Waals surface area contributed by atoms with E-state index in [0.717, 1.165) is 123 Å². The number of aromatic nitrogens is 4. The van der Waals surface area contributed by atoms with Crippen molar-refractivity contribution in [1.82, 2.24) is 44.7 Å². The van der Waals surface area contributed by atoms with Crippen molar-refractivity contribution in [3.63, 3.8) is 0 Å². The van der Waals surface area contributed by atoms with E-state index in [9.17, 15) is 14.4 Å². The van der Waals surface area contributed by atoms with Gasteiger partial charge in [0.25, 0.3) is 5.91 Å². The summed E-state index contributed by atoms with van der Waals surface area (Å²) in [5.41, 5.74) is 11.7. The van der Waals surface area contributed by atoms with Crippen molar-refractivity contribution < 1.29 is 19.1 Å². The Morgan fingerprint density at radius 1 is 0.767 bits per heavy atom. The van der Waals surface area contributed by atoms with Crippen molar-refractivity contribution in [2.75, 3.05) is 76.1 Å². The lowest BCUT2D eigenvalue weighted by molar-refractivity contribution is -0.136. The fourth-order valence-corrected chi connectivity index (χ4v) is 9.84. The van der Waals surface area contributed by atoms with Crippen LogP contribution in [0.1, 0.15) is 54.1 Å². The number of piperidine rings is 2. The van der Waals surface area contributed by atoms with Gasteiger partial charge in [0.15, 0.2) is 5.65 Å². The highest BCUT2D eigenvalue weighted by molar-refractivity contribution is 6.05. The number of carbonyl (C=O) groups excluding carboxylic acids is 3. The molecule has 0 aliphatic carbocycles. The second kappa shape index (κ2) is 16.3. The normalized spacial score (nSPS) is 22.2. The molecule has 0 saturated carbocycles. The summed E-state index contributed by atoms with van der Waals surface area (Å²) in [6.45, 7) is 10.7. The summed E-state index contributed by atoms with van der Waals surface area (Å²) >= 11 is 0. The van der Waals surface area contributed by atoms with Crippen LogP contribution in [0.2, 0.25) is 0 Å². The number of piperazine rings is 1. The lowest BCUT2D eigenvalue weighted by Crippen LogP contribution is -2.52. The summed E-state index contributed by atoms with van der Waals surface area (Å²) in [5.74, 6) is 1.21. The first kappa shape index (κ1) is 38.3. The van der Waals surface area contributed by atoms with E-state index in [4.69, 9.17) is 15.6 Å². The maximum absolute atomic E-state index is 13.2. The molecule has 10 rings (SSSR count). The molecule has 3 amide bonds. The first-order chi connectivity index (χ1) is 29.3. The molecule has 15 nitrogen and oxygen atoms in total. The van der Waals surface area contributed by atoms with Gasteiger partial charge in [-0.3, -0.25) is 24.6 Å². The van der Waals surface area contributed by atoms with Crippen LogP contribution in [0.15, 0.2) is 79.1 Å². The van der Waals surface area contributed by atoms with Gasteiger partial charge in [0.1, 0.15) is 35.4 Å². The minimum atomic E-state index is -0.592. The quantitative estimate of drug-likeness (QED) is 0.195. The zero-order valence-corrected chi connectivity index (χ0v) is 33.8. The Balaban J connectivity index is 0.694. The number of amides is 3. The van der Waals surface area contributed by atoms with E-state index >= 15 is 0 Å². The lowest BCUT2D eigenvalue weighted by atomic mass is 10.0. The number of nitrogens with one attached hydrogen (secondary N) is 1. The molecule has 5 aliphatic rings. The first-order valence-electron chi connectivity index (χ1n) is 21.4. The largest absolute Gasteiger partial charge is 0.457 e. The number of hydrogen-bond donors (Lipinski definition) is 2. The molecule has 7 heterocycles. The molecule has 5 aromatic rings. The van der Waals surface area contributed by atoms with Crippen LogP contribution in [0.3, 0.4) is 0 Å². The SMILES string of the molecule is Nc1ncnc2c1c(-c1ccc(Oc3ccccc3)cc1)nn2C1CCN(CCN2CCC(N3CCN(c4ccc5c(c4)CN(C4CCC(=O)NC4=O)C5=O)CC3)C2)CC1. The van der Waals surface area contributed by atoms with Crippen LogP contribution in [-0.4, -0.2) is 135 Å². The summed E-state index contributed by atoms with van der Waals surface area (Å²) < 4.78 is 8.10. The number of anilines is 2. The minimum Gasteiger partial charge on any atom is -0.457 e. The number of hydrogen-bond acceptors (Lipinski definition) is 12. The second-order valence-corrected chi connectivity index (χ2v) is 16.8. The highest BCUT2D eigenvalue weighted by Gasteiger charge is 2.39. The van der Waals surface area contributed by atoms with Crippen molar-refractivity contribution in [3.8, 4) is 22.8 Å². The molecule has 3 aromatic carbocycles. The number of rotatable bonds is 10. The lowest BCUT2D eigenvalue weighted by Gasteiger charge is -2.39. The molecule has 0 spiro atoms. The molecule has 15 heteroatoms. The highest BCUT2D eigenvalue weighted by Crippen LogP contribution is 2.36. The number of para-hydroxylation sites is 1. The minimum absolute atomic E-state index is 0.126. The van der Waals surface area contributed by atoms with Crippen molar-refractivity contribution in [1.29, 1.82) is 0 Å². The third-order valence-electron chi connectivity index (χ3n) is 13.2. The van der Waals surface area contributed by atoms with E-state index in [1.807, 2.05) is 66.7 Å². The van der Waals surface area contributed by atoms with Crippen LogP contribution in [0.25, 0.3) is 22.3 Å². The Labute approximate surface area is 349 Å². The Kier molecular flexibility index (Phi) is 10.4. The Morgan fingerprint density at radius 3 is 2.28 bits per heavy atom. The van der Waals surface area contributed by atoms with Gasteiger partial charge in [-0.1, -0.05) is 18.2 Å². The van der Waals surface area contributed by atoms with Crippen LogP contribution in [-0.2, 0) is 16.1 Å². The Morgan fingerprint density at radius 2 is 1.50 bits per heavy atom. The van der Waals surface area contributed by atoms with Crippen molar-refractivity contribution in [2.24, 2.45) is 0 Å². The van der Waals surface area contributed by atoms with Gasteiger partial charge in [-0.25, -0.2) is 14.6 Å². The number of nitrogens with two attached hydrogens (primary N) is 1. The summed E-state index contributed by atoms with van der Waals surface area (Å²) in [7, 11) is 0. The molecule has 60 heavy (non-hydrogen) atoms. The van der Waals surface area contributed by atoms with Crippen molar-refractivity contribution in [3.05, 3.63) is 90.3 Å². The Hall–Kier alpha value is -5.90. The van der Waals surface area contributed by atoms with Crippen molar-refractivity contribution >= 4 is 40.3 Å². The van der Waals surface area contributed by atoms with E-state index < -0.39 is 6.04 Å². The summed E-state index contributed by atoms with van der Waals surface area (Å²) in [4.78, 5) is 58.3. The molecule has 4 saturated heterocycles. The molecule has 4 fully saturated rings. The average molecular weight is 810 g/mol. The zero-order valence-electron chi connectivity index (χ0n) is 33.8. The first-order valence-corrected chi connectivity index (χ1v) is 21.4. The van der Waals surface area contributed by atoms with Gasteiger partial charge >= 0.3 is 0 Å². The monoisotopic (exact) mass is 809 g/mol. The topological polar surface area (TPSA) is 158 Å². The summed E-state index contributed by atoms with van der Waals surface area (Å²) in [5, 5.41) is 8.31. The molecule has 5 aliphatic heterocycles. The highest BCUT2D eigenvalue weighted by atomic mass is 16.5. The number of carbonyl (C=O) groups is 3. The molecule has 310 valence electrons. The van der Waals surface area contributed by atoms with Crippen molar-refractivity contribution in [2.45, 2.75) is 56.8 Å². The number of likely N-dealkylation sites (tertiary alicyclic amines) is 2. The number of nitrogen functional groups attached to an aromatic ring is 1. The molecule has 2 atom stereocenters. The molecular weight excluding hydrogens is 759 g/mol. The second-order valence-electron chi connectivity index (χ2n) is 16.8. The van der Waals surface area contributed by atoms with E-state index in [1.165, 1.54) is 12.7 Å². The van der Waals surface area contributed by atoms with Gasteiger partial charge < -0.3 is 30.1 Å². The third-order valence-corrected chi connectivity index (χ3v) is 13.2. The number of nitrogens with zero attached hydrogens (tertiary/aromatic N) is 9. The fourth-order valence-electron chi connectivity index (χ4n) is 9.84. The predicted octanol–water partition coefficient (Wildman–Crippen LogP) is 4.16. The summed E-state index contributed by atoms with van der Waals surface area (Å²) in [6, 6.07) is 24.0. The van der Waals surface area contributed by atoms with Gasteiger partial charge in [0, 0.05) is 94.7 Å². The maximum atomic E-state index is 13.2. The summed E-state index contributed by atoms with van der Waals surface area (Å²) in [6.07, 6.45) is 5.36. The molecular formula is C45H51N11O4. The van der Waals surface area contributed by atoms with Gasteiger partial charge in [-0.05, 0) is 92.4 Å². The van der Waals surface area contributed by atoms with E-state index in [0.29, 0.717) is 30.4 Å². The van der Waals surface area contributed by atoms with Crippen LogP contribution >= 0.6 is 0 Å². The zero-order chi connectivity index (χ0) is 40.7. The van der Waals surface area contributed by atoms with E-state index in [-0.39, 0.29) is 30.2 Å². The Bertz CT molecular complexity index is 2390. The fraction of sp³-hybridized carbons (Fsp3) is 0.422. The van der Waals surface area contributed by atoms with E-state index in [2.05, 4.69) is 45.6 Å². The van der Waals surface area contributed by atoms with Gasteiger partial charge in [-0.15, -0.1) is 0 Å². The van der Waals surface area contributed by atoms with Gasteiger partial charge in [0.05, 0.1) is 11.4 Å². The van der Waals surface area contributed by atoms with Gasteiger partial charge in [-0.2, -0.15) is 5.10 Å². The maximum Gasteiger partial charge on any atom is 0.255 e. The van der Waals surface area contributed by atoms with Crippen LogP contribution in [0, 0.1) is 0 Å². The van der Waals surface area contributed by atoms with Gasteiger partial charge in [0.2, 0.25) is 11.8 Å². The van der Waals surface area contributed by atoms with Crippen LogP contribution in [0.4, 0.5) is 11.5 Å². The number of fused-ring (bicyclic) bond motifs is 2. The average Bonchev–Trinajstić information content (AvgIpc) is 4.00.